The summed E-state index contributed by atoms with van der Waals surface area (Å²) in [6, 6.07) is 8.62. The second kappa shape index (κ2) is 10.3. The third-order valence-electron chi connectivity index (χ3n) is 5.22. The van der Waals surface area contributed by atoms with Crippen LogP contribution in [0.25, 0.3) is 11.1 Å². The summed E-state index contributed by atoms with van der Waals surface area (Å²) >= 11 is 6.24. The van der Waals surface area contributed by atoms with Gasteiger partial charge in [0.15, 0.2) is 6.61 Å². The fraction of sp³-hybridized carbons (Fsp3) is 0.435. The van der Waals surface area contributed by atoms with Crippen molar-refractivity contribution >= 4 is 17.6 Å². The molecule has 0 amide bonds. The standard InChI is InChI=1S/C23H21ClF6O4/c1-2-32-18(31)9-8-14-10-15(14)16-11-17(24)21(33-12-22(25,26)27)19(13-6-4-3-5-7-13)20(16)34-23(28,29)30/h3-7,11,14-15H,2,8-10,12H2,1H3. The van der Waals surface area contributed by atoms with Gasteiger partial charge in [-0.2, -0.15) is 13.2 Å². The largest absolute Gasteiger partial charge is 0.573 e. The van der Waals surface area contributed by atoms with Crippen molar-refractivity contribution in [2.24, 2.45) is 5.92 Å². The fourth-order valence-electron chi connectivity index (χ4n) is 3.78. The van der Waals surface area contributed by atoms with Gasteiger partial charge in [-0.15, -0.1) is 13.2 Å². The maximum absolute atomic E-state index is 13.4. The molecule has 1 aliphatic carbocycles. The second-order valence-electron chi connectivity index (χ2n) is 7.74. The Balaban J connectivity index is 2.06. The van der Waals surface area contributed by atoms with Crippen molar-refractivity contribution in [1.82, 2.24) is 0 Å². The number of rotatable bonds is 9. The highest BCUT2D eigenvalue weighted by molar-refractivity contribution is 6.32. The Hall–Kier alpha value is -2.62. The summed E-state index contributed by atoms with van der Waals surface area (Å²) in [5.74, 6) is -2.20. The van der Waals surface area contributed by atoms with Crippen LogP contribution in [0.5, 0.6) is 11.5 Å². The summed E-state index contributed by atoms with van der Waals surface area (Å²) in [5, 5.41) is -0.274. The summed E-state index contributed by atoms with van der Waals surface area (Å²) in [6.07, 6.45) is -8.94. The summed E-state index contributed by atoms with van der Waals surface area (Å²) < 4.78 is 92.8. The van der Waals surface area contributed by atoms with Crippen LogP contribution in [0.4, 0.5) is 26.3 Å². The number of halogens is 7. The van der Waals surface area contributed by atoms with Gasteiger partial charge in [-0.05, 0) is 43.2 Å². The lowest BCUT2D eigenvalue weighted by molar-refractivity contribution is -0.274. The van der Waals surface area contributed by atoms with Gasteiger partial charge in [0.1, 0.15) is 11.5 Å². The molecular weight excluding hydrogens is 490 g/mol. The van der Waals surface area contributed by atoms with Gasteiger partial charge >= 0.3 is 18.5 Å². The topological polar surface area (TPSA) is 44.8 Å². The van der Waals surface area contributed by atoms with Crippen molar-refractivity contribution in [3.63, 3.8) is 0 Å². The molecular formula is C23H21ClF6O4. The Labute approximate surface area is 196 Å². The van der Waals surface area contributed by atoms with Gasteiger partial charge in [0.25, 0.3) is 0 Å². The lowest BCUT2D eigenvalue weighted by atomic mass is 9.96. The molecule has 1 fully saturated rings. The number of benzene rings is 2. The van der Waals surface area contributed by atoms with Crippen molar-refractivity contribution in [1.29, 1.82) is 0 Å². The van der Waals surface area contributed by atoms with Crippen LogP contribution in [-0.4, -0.2) is 31.7 Å². The van der Waals surface area contributed by atoms with Crippen LogP contribution in [0, 0.1) is 5.92 Å². The van der Waals surface area contributed by atoms with Gasteiger partial charge in [0.2, 0.25) is 0 Å². The molecule has 186 valence electrons. The molecule has 0 saturated heterocycles. The minimum Gasteiger partial charge on any atom is -0.482 e. The van der Waals surface area contributed by atoms with Crippen LogP contribution in [0.3, 0.4) is 0 Å². The van der Waals surface area contributed by atoms with E-state index in [4.69, 9.17) is 21.1 Å². The molecule has 34 heavy (non-hydrogen) atoms. The number of esters is 1. The molecule has 0 spiro atoms. The van der Waals surface area contributed by atoms with E-state index in [1.165, 1.54) is 24.3 Å². The number of carbonyl (C=O) groups is 1. The Morgan fingerprint density at radius 3 is 2.35 bits per heavy atom. The number of hydrogen-bond donors (Lipinski definition) is 0. The van der Waals surface area contributed by atoms with Gasteiger partial charge in [-0.1, -0.05) is 41.9 Å². The van der Waals surface area contributed by atoms with Crippen molar-refractivity contribution in [2.75, 3.05) is 13.2 Å². The van der Waals surface area contributed by atoms with Crippen LogP contribution in [0.15, 0.2) is 36.4 Å². The zero-order valence-electron chi connectivity index (χ0n) is 17.9. The molecule has 0 bridgehead atoms. The molecule has 3 rings (SSSR count). The lowest BCUT2D eigenvalue weighted by Gasteiger charge is -2.22. The summed E-state index contributed by atoms with van der Waals surface area (Å²) in [7, 11) is 0. The molecule has 1 saturated carbocycles. The average Bonchev–Trinajstić information content (AvgIpc) is 3.51. The van der Waals surface area contributed by atoms with E-state index in [0.29, 0.717) is 12.8 Å². The maximum atomic E-state index is 13.4. The molecule has 0 aliphatic heterocycles. The summed E-state index contributed by atoms with van der Waals surface area (Å²) in [4.78, 5) is 11.6. The molecule has 0 radical (unpaired) electrons. The minimum absolute atomic E-state index is 0.0920. The predicted octanol–water partition coefficient (Wildman–Crippen LogP) is 7.29. The van der Waals surface area contributed by atoms with E-state index >= 15 is 0 Å². The Morgan fingerprint density at radius 1 is 1.09 bits per heavy atom. The van der Waals surface area contributed by atoms with Gasteiger partial charge in [0, 0.05) is 12.0 Å². The number of ether oxygens (including phenoxy) is 3. The summed E-state index contributed by atoms with van der Waals surface area (Å²) in [6.45, 7) is 0.128. The number of carbonyl (C=O) groups excluding carboxylic acids is 1. The number of alkyl halides is 6. The molecule has 2 atom stereocenters. The first-order valence-electron chi connectivity index (χ1n) is 10.4. The van der Waals surface area contributed by atoms with Gasteiger partial charge in [0.05, 0.1) is 17.2 Å². The normalized spacial score (nSPS) is 17.9. The van der Waals surface area contributed by atoms with E-state index in [1.807, 2.05) is 0 Å². The van der Waals surface area contributed by atoms with Crippen molar-refractivity contribution in [3.05, 3.63) is 47.0 Å². The van der Waals surface area contributed by atoms with Gasteiger partial charge < -0.3 is 14.2 Å². The highest BCUT2D eigenvalue weighted by atomic mass is 35.5. The van der Waals surface area contributed by atoms with E-state index < -0.39 is 42.5 Å². The highest BCUT2D eigenvalue weighted by Crippen LogP contribution is 2.58. The summed E-state index contributed by atoms with van der Waals surface area (Å²) in [5.41, 5.74) is -0.0819. The van der Waals surface area contributed by atoms with Gasteiger partial charge in [-0.25, -0.2) is 0 Å². The first kappa shape index (κ1) is 26.0. The van der Waals surface area contributed by atoms with E-state index in [9.17, 15) is 31.1 Å². The van der Waals surface area contributed by atoms with Crippen LogP contribution >= 0.6 is 11.6 Å². The molecule has 0 heterocycles. The molecule has 1 aliphatic rings. The molecule has 0 N–H and O–H groups in total. The molecule has 11 heteroatoms. The lowest BCUT2D eigenvalue weighted by Crippen LogP contribution is -2.21. The van der Waals surface area contributed by atoms with Gasteiger partial charge in [-0.3, -0.25) is 4.79 Å². The zero-order chi connectivity index (χ0) is 25.1. The quantitative estimate of drug-likeness (QED) is 0.262. The maximum Gasteiger partial charge on any atom is 0.573 e. The second-order valence-corrected chi connectivity index (χ2v) is 8.15. The smallest absolute Gasteiger partial charge is 0.482 e. The fourth-order valence-corrected chi connectivity index (χ4v) is 4.05. The Morgan fingerprint density at radius 2 is 1.76 bits per heavy atom. The molecule has 4 nitrogen and oxygen atoms in total. The molecule has 2 aromatic carbocycles. The van der Waals surface area contributed by atoms with Crippen LogP contribution in [0.1, 0.15) is 37.7 Å². The van der Waals surface area contributed by atoms with Crippen molar-refractivity contribution in [3.8, 4) is 22.6 Å². The van der Waals surface area contributed by atoms with Crippen molar-refractivity contribution < 1.29 is 45.3 Å². The predicted molar refractivity (Wildman–Crippen MR) is 112 cm³/mol. The highest BCUT2D eigenvalue weighted by Gasteiger charge is 2.44. The first-order valence-corrected chi connectivity index (χ1v) is 10.8. The first-order chi connectivity index (χ1) is 15.9. The van der Waals surface area contributed by atoms with E-state index in [2.05, 4.69) is 4.74 Å². The third kappa shape index (κ3) is 6.94. The van der Waals surface area contributed by atoms with Crippen LogP contribution < -0.4 is 9.47 Å². The minimum atomic E-state index is -5.12. The SMILES string of the molecule is CCOC(=O)CCC1CC1c1cc(Cl)c(OCC(F)(F)F)c(-c2ccccc2)c1OC(F)(F)F. The zero-order valence-corrected chi connectivity index (χ0v) is 18.7. The monoisotopic (exact) mass is 510 g/mol. The van der Waals surface area contributed by atoms with E-state index in [1.54, 1.807) is 13.0 Å². The molecule has 0 aromatic heterocycles. The van der Waals surface area contributed by atoms with Crippen LogP contribution in [0.2, 0.25) is 5.02 Å². The van der Waals surface area contributed by atoms with E-state index in [-0.39, 0.29) is 40.7 Å². The van der Waals surface area contributed by atoms with Crippen LogP contribution in [-0.2, 0) is 9.53 Å². The Kier molecular flexibility index (Phi) is 7.90. The Bertz CT molecular complexity index is 1010. The van der Waals surface area contributed by atoms with E-state index in [0.717, 1.165) is 6.07 Å². The van der Waals surface area contributed by atoms with Crippen molar-refractivity contribution in [2.45, 2.75) is 44.6 Å². The average molecular weight is 511 g/mol. The third-order valence-corrected chi connectivity index (χ3v) is 5.50. The molecule has 2 unspecified atom stereocenters. The molecule has 2 aromatic rings. The number of hydrogen-bond acceptors (Lipinski definition) is 4.